The average Bonchev–Trinajstić information content (AvgIpc) is 3.07. The fourth-order valence-electron chi connectivity index (χ4n) is 3.49. The van der Waals surface area contributed by atoms with Crippen molar-refractivity contribution in [1.82, 2.24) is 0 Å². The van der Waals surface area contributed by atoms with Crippen molar-refractivity contribution in [1.29, 1.82) is 0 Å². The van der Waals surface area contributed by atoms with Gasteiger partial charge in [0, 0.05) is 61.1 Å². The number of carbonyl (C=O) groups is 2. The molecule has 0 bridgehead atoms. The highest BCUT2D eigenvalue weighted by atomic mass is 16.6. The lowest BCUT2D eigenvalue weighted by Gasteiger charge is -2.25. The predicted molar refractivity (Wildman–Crippen MR) is 192 cm³/mol. The number of nitro groups is 1. The quantitative estimate of drug-likeness (QED) is 0.0446. The van der Waals surface area contributed by atoms with Crippen molar-refractivity contribution in [3.63, 3.8) is 0 Å². The van der Waals surface area contributed by atoms with Gasteiger partial charge in [-0.15, -0.1) is 0 Å². The van der Waals surface area contributed by atoms with Crippen molar-refractivity contribution in [3.8, 4) is 11.5 Å². The van der Waals surface area contributed by atoms with Crippen molar-refractivity contribution in [2.24, 2.45) is 0 Å². The lowest BCUT2D eigenvalue weighted by molar-refractivity contribution is -0.384. The molecule has 0 amide bonds. The molecule has 0 aliphatic heterocycles. The number of hydrogen-bond donors (Lipinski definition) is 4. The molecule has 0 aliphatic carbocycles. The Kier molecular flexibility index (Phi) is 21.5. The number of nitrogen functional groups attached to an aromatic ring is 4. The van der Waals surface area contributed by atoms with Gasteiger partial charge in [-0.3, -0.25) is 14.9 Å². The number of carbonyl (C=O) groups excluding carboxylic acids is 2. The van der Waals surface area contributed by atoms with E-state index >= 15 is 0 Å². The Balaban J connectivity index is 0.000000685. The van der Waals surface area contributed by atoms with Crippen molar-refractivity contribution in [2.45, 2.75) is 20.8 Å². The van der Waals surface area contributed by atoms with Gasteiger partial charge >= 0.3 is 5.97 Å². The zero-order chi connectivity index (χ0) is 36.5. The van der Waals surface area contributed by atoms with Crippen LogP contribution in [0.1, 0.15) is 19.4 Å². The zero-order valence-corrected chi connectivity index (χ0v) is 28.1. The first kappa shape index (κ1) is 42.2. The van der Waals surface area contributed by atoms with E-state index in [4.69, 9.17) is 46.7 Å². The van der Waals surface area contributed by atoms with E-state index in [1.807, 2.05) is 39.0 Å². The van der Waals surface area contributed by atoms with Gasteiger partial charge < -0.3 is 46.8 Å². The molecule has 3 aromatic rings. The maximum atomic E-state index is 11.0. The van der Waals surface area contributed by atoms with E-state index in [0.717, 1.165) is 23.0 Å². The Morgan fingerprint density at radius 2 is 1.40 bits per heavy atom. The molecule has 0 unspecified atom stereocenters. The number of aryl methyl sites for hydroxylation is 1. The first-order valence-corrected chi connectivity index (χ1v) is 14.8. The first-order valence-electron chi connectivity index (χ1n) is 14.8. The number of hydrogen-bond acceptors (Lipinski definition) is 13. The molecular weight excluding hydrogens is 620 g/mol. The Morgan fingerprint density at radius 3 is 1.81 bits per heavy atom. The van der Waals surface area contributed by atoms with Gasteiger partial charge in [0.25, 0.3) is 5.69 Å². The molecule has 0 heterocycles. The number of esters is 1. The number of anilines is 5. The van der Waals surface area contributed by atoms with Crippen LogP contribution < -0.4 is 37.3 Å². The van der Waals surface area contributed by atoms with Crippen LogP contribution in [0.3, 0.4) is 0 Å². The van der Waals surface area contributed by atoms with Crippen molar-refractivity contribution in [2.75, 3.05) is 74.5 Å². The second kappa shape index (κ2) is 24.5. The third-order valence-corrected chi connectivity index (χ3v) is 5.90. The normalized spacial score (nSPS) is 9.42. The number of nitrogens with two attached hydrogens (primary N) is 4. The highest BCUT2D eigenvalue weighted by molar-refractivity contribution is 5.81. The summed E-state index contributed by atoms with van der Waals surface area (Å²) in [5.41, 5.74) is 27.1. The summed E-state index contributed by atoms with van der Waals surface area (Å²) in [5, 5.41) is 10.1. The summed E-state index contributed by atoms with van der Waals surface area (Å²) in [5.74, 6) is 0.798. The third kappa shape index (κ3) is 17.1. The molecule has 0 saturated heterocycles. The standard InChI is InChI=1S/C15H22N2O3.C10H16N2O2.C6H6N2O2.C3H4O/c1-4-15(18)20-10-8-17(7-9-19-3)13-5-6-14(16)12(2)11-13;1-3-13-9-5-8(12)10(14-4-2)6-7(9)11;7-5-1-3-6(4-2-5)8(9)10;1-2-3-4/h4-6,11H,1,7-10,16H2,2-3H3;5-6H,3-4,11-12H2,1-2H3;1-4H,7H2;2-3H,1H2. The van der Waals surface area contributed by atoms with E-state index in [0.29, 0.717) is 74.4 Å². The number of ether oxygens (including phenoxy) is 4. The maximum Gasteiger partial charge on any atom is 0.330 e. The molecule has 0 atom stereocenters. The molecule has 3 aromatic carbocycles. The Morgan fingerprint density at radius 1 is 0.875 bits per heavy atom. The van der Waals surface area contributed by atoms with Crippen LogP contribution in [0.5, 0.6) is 11.5 Å². The number of allylic oxidation sites excluding steroid dienone is 1. The number of methoxy groups -OCH3 is 1. The van der Waals surface area contributed by atoms with Crippen LogP contribution >= 0.6 is 0 Å². The maximum absolute atomic E-state index is 11.0. The Bertz CT molecular complexity index is 1400. The van der Waals surface area contributed by atoms with E-state index in [-0.39, 0.29) is 5.69 Å². The van der Waals surface area contributed by atoms with Crippen LogP contribution in [-0.4, -0.2) is 63.8 Å². The number of aldehydes is 1. The van der Waals surface area contributed by atoms with E-state index in [1.54, 1.807) is 19.2 Å². The average molecular weight is 669 g/mol. The van der Waals surface area contributed by atoms with E-state index in [1.165, 1.54) is 30.3 Å². The highest BCUT2D eigenvalue weighted by Crippen LogP contribution is 2.32. The van der Waals surface area contributed by atoms with Crippen LogP contribution in [0.4, 0.5) is 34.1 Å². The molecule has 0 aromatic heterocycles. The lowest BCUT2D eigenvalue weighted by Crippen LogP contribution is -2.31. The molecule has 14 nitrogen and oxygen atoms in total. The second-order valence-corrected chi connectivity index (χ2v) is 9.41. The van der Waals surface area contributed by atoms with E-state index in [2.05, 4.69) is 18.1 Å². The molecule has 3 rings (SSSR count). The van der Waals surface area contributed by atoms with Gasteiger partial charge in [-0.2, -0.15) is 0 Å². The molecule has 262 valence electrons. The Labute approximate surface area is 282 Å². The topological polar surface area (TPSA) is 222 Å². The fourth-order valence-corrected chi connectivity index (χ4v) is 3.49. The van der Waals surface area contributed by atoms with Crippen LogP contribution in [0.2, 0.25) is 0 Å². The summed E-state index contributed by atoms with van der Waals surface area (Å²) in [6.07, 6.45) is 2.99. The number of nitro benzene ring substituents is 1. The number of benzene rings is 3. The summed E-state index contributed by atoms with van der Waals surface area (Å²) in [6, 6.07) is 14.9. The number of non-ortho nitro benzene ring substituents is 1. The lowest BCUT2D eigenvalue weighted by atomic mass is 10.1. The minimum Gasteiger partial charge on any atom is -0.492 e. The molecule has 0 radical (unpaired) electrons. The van der Waals surface area contributed by atoms with E-state index < -0.39 is 10.9 Å². The summed E-state index contributed by atoms with van der Waals surface area (Å²) < 4.78 is 20.7. The molecule has 0 fully saturated rings. The molecule has 0 aliphatic rings. The summed E-state index contributed by atoms with van der Waals surface area (Å²) in [7, 11) is 1.66. The zero-order valence-electron chi connectivity index (χ0n) is 28.1. The van der Waals surface area contributed by atoms with Gasteiger partial charge in [-0.05, 0) is 62.7 Å². The summed E-state index contributed by atoms with van der Waals surface area (Å²) in [4.78, 5) is 31.8. The highest BCUT2D eigenvalue weighted by Gasteiger charge is 2.09. The van der Waals surface area contributed by atoms with E-state index in [9.17, 15) is 14.9 Å². The molecule has 0 saturated carbocycles. The molecule has 0 spiro atoms. The SMILES string of the molecule is C=CC(=O)OCCN(CCOC)c1ccc(N)c(C)c1.C=CC=O.CCOc1cc(N)c(OCC)cc1N.Nc1ccc([N+](=O)[O-])cc1. The molecular formula is C34H48N6O8. The minimum absolute atomic E-state index is 0.0641. The van der Waals surface area contributed by atoms with Gasteiger partial charge in [0.2, 0.25) is 0 Å². The van der Waals surface area contributed by atoms with Crippen LogP contribution in [-0.2, 0) is 19.1 Å². The van der Waals surface area contributed by atoms with Crippen molar-refractivity contribution in [3.05, 3.63) is 95.6 Å². The summed E-state index contributed by atoms with van der Waals surface area (Å²) in [6.45, 7) is 15.6. The predicted octanol–water partition coefficient (Wildman–Crippen LogP) is 4.96. The smallest absolute Gasteiger partial charge is 0.330 e. The molecule has 14 heteroatoms. The van der Waals surface area contributed by atoms with Gasteiger partial charge in [-0.1, -0.05) is 13.2 Å². The minimum atomic E-state index is -0.459. The van der Waals surface area contributed by atoms with Gasteiger partial charge in [-0.25, -0.2) is 4.79 Å². The molecule has 8 N–H and O–H groups in total. The fraction of sp³-hybridized carbons (Fsp3) is 0.294. The summed E-state index contributed by atoms with van der Waals surface area (Å²) >= 11 is 0. The number of nitrogens with zero attached hydrogens (tertiary/aromatic N) is 2. The molecule has 48 heavy (non-hydrogen) atoms. The number of rotatable bonds is 14. The van der Waals surface area contributed by atoms with Crippen LogP contribution in [0.25, 0.3) is 0 Å². The monoisotopic (exact) mass is 668 g/mol. The van der Waals surface area contributed by atoms with Gasteiger partial charge in [0.15, 0.2) is 0 Å². The van der Waals surface area contributed by atoms with Crippen molar-refractivity contribution < 1.29 is 33.5 Å². The third-order valence-electron chi connectivity index (χ3n) is 5.90. The van der Waals surface area contributed by atoms with Gasteiger partial charge in [0.05, 0.1) is 42.7 Å². The first-order chi connectivity index (χ1) is 22.9. The largest absolute Gasteiger partial charge is 0.492 e. The Hall–Kier alpha value is -5.76. The van der Waals surface area contributed by atoms with Crippen LogP contribution in [0.15, 0.2) is 79.9 Å². The van der Waals surface area contributed by atoms with Crippen LogP contribution in [0, 0.1) is 17.0 Å². The van der Waals surface area contributed by atoms with Gasteiger partial charge in [0.1, 0.15) is 24.4 Å². The van der Waals surface area contributed by atoms with Crippen molar-refractivity contribution >= 4 is 46.4 Å². The second-order valence-electron chi connectivity index (χ2n) is 9.41.